The van der Waals surface area contributed by atoms with Crippen LogP contribution in [0.4, 0.5) is 0 Å². The quantitative estimate of drug-likeness (QED) is 0.0166. The van der Waals surface area contributed by atoms with Gasteiger partial charge in [0.1, 0.15) is 18.3 Å². The Kier molecular flexibility index (Phi) is 39.5. The number of nitrogens with one attached hydrogen (secondary N) is 2. The molecular weight excluding hydrogens is 1200 g/mol. The van der Waals surface area contributed by atoms with Crippen LogP contribution in [0.5, 0.6) is 0 Å². The number of carbonyl (C=O) groups excluding carboxylic acids is 9. The van der Waals surface area contributed by atoms with Crippen LogP contribution in [-0.2, 0) is 93.9 Å². The monoisotopic (exact) mass is 1300 g/mol. The molecule has 2 fully saturated rings. The zero-order valence-electron chi connectivity index (χ0n) is 55.5. The standard InChI is InChI=1S/C40H55NO13.C25H37NO4.C5H8O4/c1-8-41-37(45)19-15-10-9-14-18-33-34(23-22-32(21-20-31-16-12-11-13-17-31)52-38(46)25(2)49-28(5)42)36(54-40(48)27(4)51-30(7)44)24-35(33)53-39(47)26(3)50-29(6)43;1-2-26-25(30)13-9-4-3-8-12-21-22(24(29)18-23(21)28)17-16-20(27)15-14-19-10-6-5-7-11-19;1-3(5(7)8)9-4(2)6/h9,11-14,16-17,22-23,25-27,32-36H,8,10,15,18-21,24H2,1-7H3,(H,41,45);3,5-8,10-11,16-17,20-24,27-29H,2,4,9,12-15,18H2,1H3,(H,26,30);3H,1-2H3,(H,7,8)/b14-9-,23-22+;8-3-,17-16+;/t25-,26-,27-,32-,33+,34+,35-,36+;20-,21+,22+,23-,24+;3-/m000/s1. The molecule has 0 unspecified atom stereocenters. The van der Waals surface area contributed by atoms with Gasteiger partial charge in [-0.1, -0.05) is 103 Å². The number of hydrogen-bond acceptors (Lipinski definition) is 20. The summed E-state index contributed by atoms with van der Waals surface area (Å²) in [6.45, 7) is 15.1. The summed E-state index contributed by atoms with van der Waals surface area (Å²) in [6.07, 6.45) is 13.6. The lowest BCUT2D eigenvalue weighted by molar-refractivity contribution is -0.172. The van der Waals surface area contributed by atoms with Crippen LogP contribution in [0.3, 0.4) is 0 Å². The second-order valence-corrected chi connectivity index (χ2v) is 22.9. The molecule has 516 valence electrons. The molecule has 0 aromatic heterocycles. The van der Waals surface area contributed by atoms with E-state index in [1.54, 1.807) is 18.2 Å². The molecule has 0 saturated heterocycles. The van der Waals surface area contributed by atoms with Gasteiger partial charge in [-0.2, -0.15) is 0 Å². The first-order chi connectivity index (χ1) is 44.1. The van der Waals surface area contributed by atoms with Crippen molar-refractivity contribution in [3.63, 3.8) is 0 Å². The number of unbranched alkanes of at least 4 members (excludes halogenated alkanes) is 2. The Labute approximate surface area is 547 Å². The van der Waals surface area contributed by atoms with Crippen LogP contribution < -0.4 is 10.6 Å². The van der Waals surface area contributed by atoms with Gasteiger partial charge in [-0.05, 0) is 129 Å². The smallest absolute Gasteiger partial charge is 0.347 e. The van der Waals surface area contributed by atoms with Gasteiger partial charge in [-0.25, -0.2) is 19.2 Å². The number of carbonyl (C=O) groups is 10. The van der Waals surface area contributed by atoms with Gasteiger partial charge in [-0.3, -0.25) is 28.8 Å². The lowest BCUT2D eigenvalue weighted by Crippen LogP contribution is -2.32. The third kappa shape index (κ3) is 34.5. The largest absolute Gasteiger partial charge is 0.479 e. The SMILES string of the molecule is CC(=O)O[C@@H](C)C(=O)O.CCNC(=O)CCC/C=C\C[C@@H]1[C@@H](/C=C/[C@@H](O)CCc2ccccc2)[C@H](O)C[C@@H]1O.CCNC(=O)CCC/C=C\C[C@@H]1[C@@H](/C=C/[C@H](CCc2ccccc2)OC(=O)[C@H](C)OC(C)=O)[C@H](OC(=O)[C@H](C)OC(C)=O)C[C@@H]1OC(=O)[C@H](C)OC(C)=O. The molecule has 2 aliphatic carbocycles. The fourth-order valence-corrected chi connectivity index (χ4v) is 10.3. The molecule has 2 saturated carbocycles. The predicted octanol–water partition coefficient (Wildman–Crippen LogP) is 7.82. The molecule has 0 radical (unpaired) electrons. The lowest BCUT2D eigenvalue weighted by Gasteiger charge is -2.25. The van der Waals surface area contributed by atoms with Crippen molar-refractivity contribution in [3.8, 4) is 0 Å². The summed E-state index contributed by atoms with van der Waals surface area (Å²) in [6, 6.07) is 19.6. The first kappa shape index (κ1) is 81.1. The van der Waals surface area contributed by atoms with Gasteiger partial charge >= 0.3 is 47.8 Å². The molecule has 6 N–H and O–H groups in total. The summed E-state index contributed by atoms with van der Waals surface area (Å²) in [7, 11) is 0. The predicted molar refractivity (Wildman–Crippen MR) is 344 cm³/mol. The second kappa shape index (κ2) is 45.3. The van der Waals surface area contributed by atoms with Crippen LogP contribution in [0.1, 0.15) is 157 Å². The molecule has 0 aliphatic heterocycles. The highest BCUT2D eigenvalue weighted by atomic mass is 16.6. The first-order valence-electron chi connectivity index (χ1n) is 32.0. The van der Waals surface area contributed by atoms with Crippen LogP contribution in [0.25, 0.3) is 0 Å². The van der Waals surface area contributed by atoms with Crippen LogP contribution in [-0.4, -0.2) is 154 Å². The number of allylic oxidation sites excluding steroid dienone is 4. The van der Waals surface area contributed by atoms with Gasteiger partial charge in [0.2, 0.25) is 11.8 Å². The minimum Gasteiger partial charge on any atom is -0.479 e. The van der Waals surface area contributed by atoms with E-state index >= 15 is 0 Å². The zero-order chi connectivity index (χ0) is 69.4. The molecule has 0 bridgehead atoms. The van der Waals surface area contributed by atoms with Gasteiger partial charge in [0.25, 0.3) is 0 Å². The number of benzene rings is 2. The number of hydrogen-bond donors (Lipinski definition) is 6. The molecule has 23 heteroatoms. The number of rotatable bonds is 35. The third-order valence-electron chi connectivity index (χ3n) is 15.0. The first-order valence-corrected chi connectivity index (χ1v) is 32.0. The molecule has 2 amide bonds. The maximum atomic E-state index is 13.1. The highest BCUT2D eigenvalue weighted by molar-refractivity contribution is 5.80. The van der Waals surface area contributed by atoms with E-state index in [1.165, 1.54) is 61.0 Å². The average molecular weight is 1310 g/mol. The molecule has 23 nitrogen and oxygen atoms in total. The van der Waals surface area contributed by atoms with E-state index in [2.05, 4.69) is 15.4 Å². The number of aliphatic hydroxyl groups excluding tert-OH is 3. The highest BCUT2D eigenvalue weighted by Crippen LogP contribution is 2.41. The molecule has 2 aromatic carbocycles. The Morgan fingerprint density at radius 2 is 0.946 bits per heavy atom. The van der Waals surface area contributed by atoms with E-state index in [-0.39, 0.29) is 30.1 Å². The van der Waals surface area contributed by atoms with E-state index < -0.39 is 121 Å². The molecule has 2 aromatic rings. The van der Waals surface area contributed by atoms with E-state index in [9.17, 15) is 63.3 Å². The molecule has 2 aliphatic rings. The number of amides is 2. The number of ether oxygens (including phenoxy) is 7. The fraction of sp³-hybridized carbons (Fsp3) is 0.571. The minimum absolute atomic E-state index is 0.0434. The number of carboxylic acids is 1. The number of esters is 7. The van der Waals surface area contributed by atoms with E-state index in [4.69, 9.17) is 33.5 Å². The van der Waals surface area contributed by atoms with Gasteiger partial charge < -0.3 is 64.2 Å². The van der Waals surface area contributed by atoms with Crippen LogP contribution in [0.15, 0.2) is 109 Å². The van der Waals surface area contributed by atoms with Crippen molar-refractivity contribution >= 4 is 59.6 Å². The Bertz CT molecular complexity index is 2750. The highest BCUT2D eigenvalue weighted by Gasteiger charge is 2.47. The van der Waals surface area contributed by atoms with Gasteiger partial charge in [0, 0.05) is 84.2 Å². The van der Waals surface area contributed by atoms with Crippen molar-refractivity contribution < 1.29 is 102 Å². The van der Waals surface area contributed by atoms with Crippen molar-refractivity contribution in [2.24, 2.45) is 23.7 Å². The average Bonchev–Trinajstić information content (AvgIpc) is 1.71. The van der Waals surface area contributed by atoms with Gasteiger partial charge in [0.05, 0.1) is 18.3 Å². The summed E-state index contributed by atoms with van der Waals surface area (Å²) in [4.78, 5) is 117. The summed E-state index contributed by atoms with van der Waals surface area (Å²) in [5.74, 6) is -7.31. The molecule has 14 atom stereocenters. The Balaban J connectivity index is 0.000000626. The van der Waals surface area contributed by atoms with Crippen LogP contribution >= 0.6 is 0 Å². The van der Waals surface area contributed by atoms with E-state index in [1.807, 2.05) is 105 Å². The summed E-state index contributed by atoms with van der Waals surface area (Å²) in [5.41, 5.74) is 2.19. The Morgan fingerprint density at radius 1 is 0.516 bits per heavy atom. The lowest BCUT2D eigenvalue weighted by atomic mass is 9.89. The third-order valence-corrected chi connectivity index (χ3v) is 15.0. The van der Waals surface area contributed by atoms with Crippen molar-refractivity contribution in [3.05, 3.63) is 120 Å². The van der Waals surface area contributed by atoms with Gasteiger partial charge in [-0.15, -0.1) is 0 Å². The van der Waals surface area contributed by atoms with Crippen molar-refractivity contribution in [2.45, 2.75) is 220 Å². The number of aliphatic carboxylic acids is 1. The maximum Gasteiger partial charge on any atom is 0.347 e. The van der Waals surface area contributed by atoms with Crippen LogP contribution in [0, 0.1) is 23.7 Å². The van der Waals surface area contributed by atoms with Crippen LogP contribution in [0.2, 0.25) is 0 Å². The number of aliphatic hydroxyl groups is 3. The topological polar surface area (TPSA) is 340 Å². The van der Waals surface area contributed by atoms with Crippen molar-refractivity contribution in [1.29, 1.82) is 0 Å². The normalized spacial score (nSPS) is 21.1. The van der Waals surface area contributed by atoms with Crippen molar-refractivity contribution in [2.75, 3.05) is 13.1 Å². The van der Waals surface area contributed by atoms with E-state index in [0.717, 1.165) is 24.8 Å². The molecule has 4 rings (SSSR count). The van der Waals surface area contributed by atoms with Gasteiger partial charge in [0.15, 0.2) is 24.4 Å². The number of aryl methyl sites for hydroxylation is 2. The molecule has 0 spiro atoms. The minimum atomic E-state index is -1.22. The molecule has 93 heavy (non-hydrogen) atoms. The zero-order valence-corrected chi connectivity index (χ0v) is 55.5. The summed E-state index contributed by atoms with van der Waals surface area (Å²) in [5, 5.41) is 44.7. The summed E-state index contributed by atoms with van der Waals surface area (Å²) < 4.78 is 37.0. The molecule has 0 heterocycles. The second-order valence-electron chi connectivity index (χ2n) is 22.9. The maximum absolute atomic E-state index is 13.1. The Morgan fingerprint density at radius 3 is 1.40 bits per heavy atom. The fourth-order valence-electron chi connectivity index (χ4n) is 10.3. The Hall–Kier alpha value is -8.02. The summed E-state index contributed by atoms with van der Waals surface area (Å²) >= 11 is 0. The number of carboxylic acid groups (broad SMARTS) is 1. The van der Waals surface area contributed by atoms with E-state index in [0.29, 0.717) is 77.3 Å². The molecular formula is C70H100N2O21. The van der Waals surface area contributed by atoms with Crippen molar-refractivity contribution in [1.82, 2.24) is 10.6 Å².